The lowest BCUT2D eigenvalue weighted by Gasteiger charge is -2.27. The maximum Gasteiger partial charge on any atom is 0.0624 e. The molecule has 3 nitrogen and oxygen atoms in total. The van der Waals surface area contributed by atoms with Gasteiger partial charge < -0.3 is 15.4 Å². The third kappa shape index (κ3) is 1.71. The van der Waals surface area contributed by atoms with Gasteiger partial charge in [-0.1, -0.05) is 0 Å². The van der Waals surface area contributed by atoms with Crippen molar-refractivity contribution in [2.24, 2.45) is 17.6 Å². The molecule has 2 bridgehead atoms. The Hall–Kier alpha value is -0.120. The minimum Gasteiger partial charge on any atom is -0.374 e. The van der Waals surface area contributed by atoms with Crippen molar-refractivity contribution in [2.75, 3.05) is 19.6 Å². The van der Waals surface area contributed by atoms with E-state index in [0.29, 0.717) is 12.2 Å². The van der Waals surface area contributed by atoms with Crippen molar-refractivity contribution in [2.45, 2.75) is 44.4 Å². The molecule has 3 rings (SSSR count). The number of ether oxygens (including phenoxy) is 1. The number of hydrogen-bond acceptors (Lipinski definition) is 3. The zero-order valence-corrected chi connectivity index (χ0v) is 9.78. The highest BCUT2D eigenvalue weighted by Gasteiger charge is 2.52. The van der Waals surface area contributed by atoms with Crippen LogP contribution in [0.25, 0.3) is 0 Å². The first-order valence-electron chi connectivity index (χ1n) is 6.20. The fourth-order valence-electron chi connectivity index (χ4n) is 3.75. The summed E-state index contributed by atoms with van der Waals surface area (Å²) in [5.74, 6) is 1.62. The van der Waals surface area contributed by atoms with Gasteiger partial charge in [0, 0.05) is 37.0 Å². The van der Waals surface area contributed by atoms with Gasteiger partial charge in [0.2, 0.25) is 0 Å². The number of hydrogen-bond donors (Lipinski definition) is 1. The van der Waals surface area contributed by atoms with E-state index in [1.54, 1.807) is 0 Å². The SMILES string of the molecule is CC(C)(N)CN1CC2C3CCC(O3)C2C1. The quantitative estimate of drug-likeness (QED) is 0.734. The van der Waals surface area contributed by atoms with Crippen LogP contribution in [0.15, 0.2) is 0 Å². The van der Waals surface area contributed by atoms with Crippen LogP contribution in [0.4, 0.5) is 0 Å². The normalized spacial score (nSPS) is 45.0. The third-order valence-corrected chi connectivity index (χ3v) is 4.16. The first kappa shape index (κ1) is 10.1. The number of likely N-dealkylation sites (tertiary alicyclic amines) is 1. The van der Waals surface area contributed by atoms with Crippen molar-refractivity contribution in [1.29, 1.82) is 0 Å². The van der Waals surface area contributed by atoms with Gasteiger partial charge in [0.25, 0.3) is 0 Å². The maximum absolute atomic E-state index is 6.08. The Morgan fingerprint density at radius 3 is 2.20 bits per heavy atom. The fourth-order valence-corrected chi connectivity index (χ4v) is 3.75. The Morgan fingerprint density at radius 1 is 1.20 bits per heavy atom. The molecule has 86 valence electrons. The van der Waals surface area contributed by atoms with Gasteiger partial charge in [-0.15, -0.1) is 0 Å². The molecule has 2 N–H and O–H groups in total. The van der Waals surface area contributed by atoms with Crippen molar-refractivity contribution in [3.8, 4) is 0 Å². The highest BCUT2D eigenvalue weighted by atomic mass is 16.5. The average molecular weight is 210 g/mol. The summed E-state index contributed by atoms with van der Waals surface area (Å²) in [6.07, 6.45) is 3.74. The average Bonchev–Trinajstić information content (AvgIpc) is 2.67. The van der Waals surface area contributed by atoms with Gasteiger partial charge in [-0.2, -0.15) is 0 Å². The van der Waals surface area contributed by atoms with E-state index in [9.17, 15) is 0 Å². The van der Waals surface area contributed by atoms with E-state index in [-0.39, 0.29) is 5.54 Å². The molecule has 0 radical (unpaired) electrons. The third-order valence-electron chi connectivity index (χ3n) is 4.16. The highest BCUT2D eigenvalue weighted by Crippen LogP contribution is 2.47. The van der Waals surface area contributed by atoms with Crippen LogP contribution in [0.5, 0.6) is 0 Å². The molecule has 0 saturated carbocycles. The Bertz CT molecular complexity index is 243. The molecule has 0 aromatic carbocycles. The second-order valence-corrected chi connectivity index (χ2v) is 6.30. The summed E-state index contributed by atoms with van der Waals surface area (Å²) in [4.78, 5) is 2.54. The van der Waals surface area contributed by atoms with Gasteiger partial charge in [-0.05, 0) is 26.7 Å². The summed E-state index contributed by atoms with van der Waals surface area (Å²) in [7, 11) is 0. The Morgan fingerprint density at radius 2 is 1.73 bits per heavy atom. The molecular weight excluding hydrogens is 188 g/mol. The molecular formula is C12H22N2O. The molecule has 3 saturated heterocycles. The lowest BCUT2D eigenvalue weighted by molar-refractivity contribution is 0.0683. The summed E-state index contributed by atoms with van der Waals surface area (Å²) in [6, 6.07) is 0. The maximum atomic E-state index is 6.08. The van der Waals surface area contributed by atoms with Gasteiger partial charge in [-0.25, -0.2) is 0 Å². The second-order valence-electron chi connectivity index (χ2n) is 6.30. The van der Waals surface area contributed by atoms with E-state index in [4.69, 9.17) is 10.5 Å². The van der Waals surface area contributed by atoms with Gasteiger partial charge in [0.05, 0.1) is 12.2 Å². The van der Waals surface area contributed by atoms with E-state index in [1.807, 2.05) is 0 Å². The molecule has 3 aliphatic heterocycles. The molecule has 0 spiro atoms. The summed E-state index contributed by atoms with van der Waals surface area (Å²) in [5, 5.41) is 0. The Balaban J connectivity index is 1.65. The molecule has 3 fully saturated rings. The van der Waals surface area contributed by atoms with E-state index in [0.717, 1.165) is 18.4 Å². The molecule has 3 heteroatoms. The zero-order valence-electron chi connectivity index (χ0n) is 9.78. The van der Waals surface area contributed by atoms with Crippen LogP contribution >= 0.6 is 0 Å². The monoisotopic (exact) mass is 210 g/mol. The summed E-state index contributed by atoms with van der Waals surface area (Å²) in [6.45, 7) is 7.69. The number of fused-ring (bicyclic) bond motifs is 5. The lowest BCUT2D eigenvalue weighted by Crippen LogP contribution is -2.45. The van der Waals surface area contributed by atoms with E-state index in [1.165, 1.54) is 25.9 Å². The van der Waals surface area contributed by atoms with Crippen LogP contribution < -0.4 is 5.73 Å². The van der Waals surface area contributed by atoms with Crippen molar-refractivity contribution < 1.29 is 4.74 Å². The number of rotatable bonds is 2. The minimum atomic E-state index is -0.0570. The van der Waals surface area contributed by atoms with Crippen LogP contribution in [0.1, 0.15) is 26.7 Å². The predicted molar refractivity (Wildman–Crippen MR) is 59.6 cm³/mol. The fraction of sp³-hybridized carbons (Fsp3) is 1.00. The van der Waals surface area contributed by atoms with Crippen LogP contribution in [0.3, 0.4) is 0 Å². The molecule has 0 amide bonds. The molecule has 0 aromatic rings. The standard InChI is InChI=1S/C12H22N2O/c1-12(2,13)7-14-5-8-9(6-14)11-4-3-10(8)15-11/h8-11H,3-7,13H2,1-2H3. The zero-order chi connectivity index (χ0) is 10.6. The highest BCUT2D eigenvalue weighted by molar-refractivity contribution is 5.03. The minimum absolute atomic E-state index is 0.0570. The lowest BCUT2D eigenvalue weighted by atomic mass is 9.82. The Kier molecular flexibility index (Phi) is 2.14. The number of nitrogens with zero attached hydrogens (tertiary/aromatic N) is 1. The van der Waals surface area contributed by atoms with Crippen molar-refractivity contribution in [1.82, 2.24) is 4.90 Å². The van der Waals surface area contributed by atoms with Crippen molar-refractivity contribution in [3.05, 3.63) is 0 Å². The molecule has 4 unspecified atom stereocenters. The topological polar surface area (TPSA) is 38.5 Å². The molecule has 4 atom stereocenters. The van der Waals surface area contributed by atoms with Crippen LogP contribution in [0, 0.1) is 11.8 Å². The molecule has 3 heterocycles. The van der Waals surface area contributed by atoms with E-state index in [2.05, 4.69) is 18.7 Å². The summed E-state index contributed by atoms with van der Waals surface area (Å²) >= 11 is 0. The number of nitrogens with two attached hydrogens (primary N) is 1. The molecule has 0 aromatic heterocycles. The summed E-state index contributed by atoms with van der Waals surface area (Å²) in [5.41, 5.74) is 6.02. The van der Waals surface area contributed by atoms with Crippen LogP contribution in [-0.2, 0) is 4.74 Å². The van der Waals surface area contributed by atoms with Crippen molar-refractivity contribution >= 4 is 0 Å². The Labute approximate surface area is 91.9 Å². The first-order chi connectivity index (χ1) is 7.03. The van der Waals surface area contributed by atoms with Crippen molar-refractivity contribution in [3.63, 3.8) is 0 Å². The van der Waals surface area contributed by atoms with E-state index < -0.39 is 0 Å². The van der Waals surface area contributed by atoms with Crippen LogP contribution in [-0.4, -0.2) is 42.3 Å². The molecule has 15 heavy (non-hydrogen) atoms. The first-order valence-corrected chi connectivity index (χ1v) is 6.20. The van der Waals surface area contributed by atoms with Crippen LogP contribution in [0.2, 0.25) is 0 Å². The van der Waals surface area contributed by atoms with Gasteiger partial charge in [0.1, 0.15) is 0 Å². The largest absolute Gasteiger partial charge is 0.374 e. The van der Waals surface area contributed by atoms with Gasteiger partial charge in [0.15, 0.2) is 0 Å². The van der Waals surface area contributed by atoms with Gasteiger partial charge in [-0.3, -0.25) is 0 Å². The smallest absolute Gasteiger partial charge is 0.0624 e. The summed E-state index contributed by atoms with van der Waals surface area (Å²) < 4.78 is 5.96. The molecule has 0 aliphatic carbocycles. The molecule has 3 aliphatic rings. The second kappa shape index (κ2) is 3.19. The van der Waals surface area contributed by atoms with E-state index >= 15 is 0 Å². The van der Waals surface area contributed by atoms with Gasteiger partial charge >= 0.3 is 0 Å². The predicted octanol–water partition coefficient (Wildman–Crippen LogP) is 0.833.